The minimum Gasteiger partial charge on any atom is -0.289 e. The van der Waals surface area contributed by atoms with Gasteiger partial charge in [0.1, 0.15) is 6.26 Å². The van der Waals surface area contributed by atoms with Crippen LogP contribution in [-0.2, 0) is 10.9 Å². The van der Waals surface area contributed by atoms with E-state index in [0.29, 0.717) is 11.7 Å². The number of benzene rings is 1. The number of carbonyl (C=O) groups is 1. The van der Waals surface area contributed by atoms with Crippen LogP contribution in [-0.4, -0.2) is 17.8 Å². The van der Waals surface area contributed by atoms with Crippen molar-refractivity contribution in [2.75, 3.05) is 12.0 Å². The van der Waals surface area contributed by atoms with Crippen LogP contribution in [0.25, 0.3) is 0 Å². The lowest BCUT2D eigenvalue weighted by Gasteiger charge is -2.22. The summed E-state index contributed by atoms with van der Waals surface area (Å²) in [6.07, 6.45) is 8.90. The summed E-state index contributed by atoms with van der Waals surface area (Å²) in [5.41, 5.74) is 2.44. The van der Waals surface area contributed by atoms with Crippen molar-refractivity contribution in [1.29, 1.82) is 0 Å². The smallest absolute Gasteiger partial charge is 0.217 e. The van der Waals surface area contributed by atoms with Gasteiger partial charge in [-0.2, -0.15) is 0 Å². The van der Waals surface area contributed by atoms with Gasteiger partial charge >= 0.3 is 0 Å². The predicted molar refractivity (Wildman–Crippen MR) is 73.0 cm³/mol. The molecular formula is C15H19OS+. The number of Topliss-reactive ketones (excluding diaryl/α,β-unsaturated/α-hetero) is 1. The van der Waals surface area contributed by atoms with Crippen LogP contribution in [0.5, 0.6) is 0 Å². The van der Waals surface area contributed by atoms with Gasteiger partial charge < -0.3 is 0 Å². The standard InChI is InChI=1S/C15H19OS/c1-17-10-14(16)13-9-12(7-8-15(13)17)11-5-3-2-4-6-11/h7-9,11H,2-6,10H2,1H3/q+1. The van der Waals surface area contributed by atoms with Gasteiger partial charge in [-0.25, -0.2) is 0 Å². The van der Waals surface area contributed by atoms with Gasteiger partial charge in [0.05, 0.1) is 5.56 Å². The number of carbonyl (C=O) groups excluding carboxylic acids is 1. The minimum absolute atomic E-state index is 0.159. The number of fused-ring (bicyclic) bond motifs is 1. The monoisotopic (exact) mass is 247 g/mol. The zero-order chi connectivity index (χ0) is 11.8. The van der Waals surface area contributed by atoms with E-state index in [9.17, 15) is 4.79 Å². The Balaban J connectivity index is 1.93. The van der Waals surface area contributed by atoms with E-state index in [0.717, 1.165) is 11.3 Å². The zero-order valence-corrected chi connectivity index (χ0v) is 11.2. The summed E-state index contributed by atoms with van der Waals surface area (Å²) < 4.78 is 0. The zero-order valence-electron chi connectivity index (χ0n) is 10.4. The summed E-state index contributed by atoms with van der Waals surface area (Å²) in [6, 6.07) is 6.69. The number of hydrogen-bond acceptors (Lipinski definition) is 1. The quantitative estimate of drug-likeness (QED) is 0.694. The predicted octanol–water partition coefficient (Wildman–Crippen LogP) is 3.54. The van der Waals surface area contributed by atoms with E-state index >= 15 is 0 Å². The summed E-state index contributed by atoms with van der Waals surface area (Å²) >= 11 is 0. The van der Waals surface area contributed by atoms with Crippen LogP contribution in [0.4, 0.5) is 0 Å². The van der Waals surface area contributed by atoms with Crippen LogP contribution in [0.15, 0.2) is 23.1 Å². The van der Waals surface area contributed by atoms with Gasteiger partial charge in [-0.05, 0) is 36.5 Å². The second kappa shape index (κ2) is 4.49. The van der Waals surface area contributed by atoms with Crippen molar-refractivity contribution in [1.82, 2.24) is 0 Å². The third-order valence-corrected chi connectivity index (χ3v) is 5.91. The van der Waals surface area contributed by atoms with Crippen LogP contribution in [0.2, 0.25) is 0 Å². The van der Waals surface area contributed by atoms with Gasteiger partial charge in [0.15, 0.2) is 10.6 Å². The first-order chi connectivity index (χ1) is 8.25. The van der Waals surface area contributed by atoms with E-state index in [4.69, 9.17) is 0 Å². The molecular weight excluding hydrogens is 228 g/mol. The van der Waals surface area contributed by atoms with Gasteiger partial charge in [0, 0.05) is 10.9 Å². The van der Waals surface area contributed by atoms with Crippen molar-refractivity contribution < 1.29 is 4.79 Å². The molecule has 1 fully saturated rings. The first-order valence-electron chi connectivity index (χ1n) is 6.55. The molecule has 1 saturated carbocycles. The van der Waals surface area contributed by atoms with Crippen molar-refractivity contribution in [2.24, 2.45) is 0 Å². The highest BCUT2D eigenvalue weighted by molar-refractivity contribution is 7.97. The Hall–Kier alpha value is -0.760. The molecule has 1 aromatic rings. The second-order valence-corrected chi connectivity index (χ2v) is 7.30. The Morgan fingerprint density at radius 3 is 2.71 bits per heavy atom. The number of ketones is 1. The molecule has 1 nitrogen and oxygen atoms in total. The Morgan fingerprint density at radius 1 is 1.18 bits per heavy atom. The molecule has 1 heterocycles. The van der Waals surface area contributed by atoms with Crippen molar-refractivity contribution >= 4 is 16.7 Å². The van der Waals surface area contributed by atoms with E-state index in [-0.39, 0.29) is 10.9 Å². The maximum absolute atomic E-state index is 11.9. The molecule has 0 aromatic heterocycles. The molecule has 1 aliphatic carbocycles. The topological polar surface area (TPSA) is 17.1 Å². The van der Waals surface area contributed by atoms with Gasteiger partial charge in [-0.3, -0.25) is 4.79 Å². The Morgan fingerprint density at radius 2 is 1.94 bits per heavy atom. The molecule has 90 valence electrons. The SMILES string of the molecule is C[S+]1CC(=O)c2cc(C3CCCCC3)ccc21. The van der Waals surface area contributed by atoms with Crippen LogP contribution < -0.4 is 0 Å². The lowest BCUT2D eigenvalue weighted by atomic mass is 9.83. The van der Waals surface area contributed by atoms with E-state index in [1.54, 1.807) is 0 Å². The summed E-state index contributed by atoms with van der Waals surface area (Å²) in [4.78, 5) is 13.2. The summed E-state index contributed by atoms with van der Waals surface area (Å²) in [6.45, 7) is 0. The van der Waals surface area contributed by atoms with Crippen LogP contribution in [0.3, 0.4) is 0 Å². The van der Waals surface area contributed by atoms with Crippen molar-refractivity contribution in [3.63, 3.8) is 0 Å². The maximum atomic E-state index is 11.9. The molecule has 0 saturated heterocycles. The first kappa shape index (κ1) is 11.3. The summed E-state index contributed by atoms with van der Waals surface area (Å²) in [7, 11) is 0.159. The van der Waals surface area contributed by atoms with E-state index < -0.39 is 0 Å². The van der Waals surface area contributed by atoms with E-state index in [1.807, 2.05) is 0 Å². The lowest BCUT2D eigenvalue weighted by molar-refractivity contribution is 0.102. The van der Waals surface area contributed by atoms with Crippen molar-refractivity contribution in [3.05, 3.63) is 29.3 Å². The van der Waals surface area contributed by atoms with Crippen molar-refractivity contribution in [3.8, 4) is 0 Å². The Labute approximate surface area is 106 Å². The molecule has 0 N–H and O–H groups in total. The number of hydrogen-bond donors (Lipinski definition) is 0. The molecule has 0 amide bonds. The maximum Gasteiger partial charge on any atom is 0.217 e. The third kappa shape index (κ3) is 2.03. The molecule has 1 aromatic carbocycles. The fourth-order valence-electron chi connectivity index (χ4n) is 3.11. The highest BCUT2D eigenvalue weighted by atomic mass is 32.2. The van der Waals surface area contributed by atoms with Crippen LogP contribution in [0.1, 0.15) is 53.9 Å². The van der Waals surface area contributed by atoms with Gasteiger partial charge in [0.2, 0.25) is 5.78 Å². The van der Waals surface area contributed by atoms with Crippen molar-refractivity contribution in [2.45, 2.75) is 42.9 Å². The average Bonchev–Trinajstić information content (AvgIpc) is 2.66. The van der Waals surface area contributed by atoms with E-state index in [2.05, 4.69) is 24.5 Å². The van der Waals surface area contributed by atoms with Crippen LogP contribution >= 0.6 is 0 Å². The fraction of sp³-hybridized carbons (Fsp3) is 0.533. The van der Waals surface area contributed by atoms with Gasteiger partial charge in [-0.15, -0.1) is 0 Å². The summed E-state index contributed by atoms with van der Waals surface area (Å²) in [5, 5.41) is 0. The number of rotatable bonds is 1. The lowest BCUT2D eigenvalue weighted by Crippen LogP contribution is -2.05. The van der Waals surface area contributed by atoms with E-state index in [1.165, 1.54) is 42.6 Å². The van der Waals surface area contributed by atoms with Gasteiger partial charge in [-0.1, -0.05) is 25.3 Å². The average molecular weight is 247 g/mol. The molecule has 3 rings (SSSR count). The first-order valence-corrected chi connectivity index (χ1v) is 8.35. The molecule has 0 bridgehead atoms. The third-order valence-electron chi connectivity index (χ3n) is 4.10. The Kier molecular flexibility index (Phi) is 2.99. The normalized spacial score (nSPS) is 25.0. The minimum atomic E-state index is 0.159. The molecule has 1 atom stereocenters. The largest absolute Gasteiger partial charge is 0.289 e. The molecule has 2 aliphatic rings. The fourth-order valence-corrected chi connectivity index (χ4v) is 4.66. The second-order valence-electron chi connectivity index (χ2n) is 5.30. The highest BCUT2D eigenvalue weighted by Gasteiger charge is 2.35. The Bertz CT molecular complexity index is 446. The van der Waals surface area contributed by atoms with Gasteiger partial charge in [0.25, 0.3) is 0 Å². The molecule has 1 aliphatic heterocycles. The molecule has 2 heteroatoms. The molecule has 1 unspecified atom stereocenters. The highest BCUT2D eigenvalue weighted by Crippen LogP contribution is 2.35. The molecule has 17 heavy (non-hydrogen) atoms. The molecule has 0 radical (unpaired) electrons. The summed E-state index contributed by atoms with van der Waals surface area (Å²) in [5.74, 6) is 1.81. The van der Waals surface area contributed by atoms with Crippen LogP contribution in [0, 0.1) is 0 Å². The molecule has 0 spiro atoms.